The lowest BCUT2D eigenvalue weighted by Gasteiger charge is -2.38. The van der Waals surface area contributed by atoms with Gasteiger partial charge in [-0.1, -0.05) is 36.8 Å². The molecule has 3 nitrogen and oxygen atoms in total. The number of carbonyl (C=O) groups excluding carboxylic acids is 1. The third kappa shape index (κ3) is 3.53. The van der Waals surface area contributed by atoms with Crippen LogP contribution in [-0.4, -0.2) is 41.9 Å². The monoisotopic (exact) mass is 293 g/mol. The van der Waals surface area contributed by atoms with Gasteiger partial charge < -0.3 is 17.3 Å². The number of amides is 1. The van der Waals surface area contributed by atoms with Crippen molar-refractivity contribution >= 4 is 5.91 Å². The molecule has 1 saturated carbocycles. The molecule has 1 aliphatic heterocycles. The Labute approximate surface area is 127 Å². The number of hydrogen-bond acceptors (Lipinski definition) is 2. The summed E-state index contributed by atoms with van der Waals surface area (Å²) in [4.78, 5) is 16.7. The molecule has 1 aromatic carbocycles. The Kier molecular flexibility index (Phi) is 5.44. The molecule has 20 heavy (non-hydrogen) atoms. The van der Waals surface area contributed by atoms with Crippen LogP contribution in [0.5, 0.6) is 0 Å². The predicted molar refractivity (Wildman–Crippen MR) is 75.6 cm³/mol. The minimum atomic E-state index is 0. The summed E-state index contributed by atoms with van der Waals surface area (Å²) in [7, 11) is 0. The van der Waals surface area contributed by atoms with Crippen LogP contribution in [0.2, 0.25) is 0 Å². The quantitative estimate of drug-likeness (QED) is 0.724. The van der Waals surface area contributed by atoms with Crippen molar-refractivity contribution < 1.29 is 17.2 Å². The van der Waals surface area contributed by atoms with Gasteiger partial charge >= 0.3 is 0 Å². The molecule has 0 aromatic heterocycles. The third-order valence-electron chi connectivity index (χ3n) is 4.39. The highest BCUT2D eigenvalue weighted by Gasteiger charge is 2.30. The molecule has 2 aliphatic rings. The second-order valence-electron chi connectivity index (χ2n) is 5.71. The molecule has 0 N–H and O–H groups in total. The Morgan fingerprint density at radius 2 is 1.70 bits per heavy atom. The van der Waals surface area contributed by atoms with Crippen LogP contribution in [0, 0.1) is 5.92 Å². The van der Waals surface area contributed by atoms with E-state index < -0.39 is 0 Å². The van der Waals surface area contributed by atoms with E-state index in [9.17, 15) is 4.79 Å². The summed E-state index contributed by atoms with van der Waals surface area (Å²) in [5, 5.41) is 0. The first kappa shape index (κ1) is 15.3. The number of piperazine rings is 1. The van der Waals surface area contributed by atoms with E-state index >= 15 is 0 Å². The van der Waals surface area contributed by atoms with Gasteiger partial charge in [-0.15, -0.1) is 0 Å². The van der Waals surface area contributed by atoms with Gasteiger partial charge in [-0.3, -0.25) is 9.69 Å². The standard InChI is InChI=1S/C16H22N2O.ClH/c19-16(15-7-4-8-15)18-11-9-17(10-12-18)13-14-5-2-1-3-6-14;/h1-3,5-6,15H,4,7-13H2;1H/p-1. The van der Waals surface area contributed by atoms with Crippen molar-refractivity contribution in [3.63, 3.8) is 0 Å². The number of carbonyl (C=O) groups is 1. The second-order valence-corrected chi connectivity index (χ2v) is 5.71. The fourth-order valence-corrected chi connectivity index (χ4v) is 2.88. The highest BCUT2D eigenvalue weighted by atomic mass is 35.5. The van der Waals surface area contributed by atoms with Crippen molar-refractivity contribution in [1.82, 2.24) is 9.80 Å². The van der Waals surface area contributed by atoms with Gasteiger partial charge in [0, 0.05) is 38.6 Å². The van der Waals surface area contributed by atoms with Crippen LogP contribution >= 0.6 is 0 Å². The normalized spacial score (nSPS) is 20.1. The van der Waals surface area contributed by atoms with Crippen LogP contribution < -0.4 is 12.4 Å². The zero-order chi connectivity index (χ0) is 13.1. The van der Waals surface area contributed by atoms with Crippen LogP contribution in [0.15, 0.2) is 30.3 Å². The van der Waals surface area contributed by atoms with Gasteiger partial charge in [0.05, 0.1) is 0 Å². The average molecular weight is 294 g/mol. The maximum atomic E-state index is 12.2. The number of hydrogen-bond donors (Lipinski definition) is 0. The fourth-order valence-electron chi connectivity index (χ4n) is 2.88. The van der Waals surface area contributed by atoms with Crippen LogP contribution in [0.1, 0.15) is 24.8 Å². The van der Waals surface area contributed by atoms with E-state index in [0.717, 1.165) is 45.6 Å². The Balaban J connectivity index is 0.00000147. The molecule has 110 valence electrons. The summed E-state index contributed by atoms with van der Waals surface area (Å²) in [6.07, 6.45) is 3.47. The Hall–Kier alpha value is -1.06. The minimum Gasteiger partial charge on any atom is -1.00 e. The molecule has 4 heteroatoms. The van der Waals surface area contributed by atoms with Crippen molar-refractivity contribution in [2.75, 3.05) is 26.2 Å². The molecule has 0 bridgehead atoms. The molecule has 1 amide bonds. The zero-order valence-corrected chi connectivity index (χ0v) is 12.6. The van der Waals surface area contributed by atoms with E-state index in [0.29, 0.717) is 11.8 Å². The van der Waals surface area contributed by atoms with Crippen molar-refractivity contribution in [2.45, 2.75) is 25.8 Å². The SMILES string of the molecule is O=C(C1CCC1)N1CCN(Cc2ccccc2)CC1.[Cl-]. The molecule has 0 unspecified atom stereocenters. The topological polar surface area (TPSA) is 23.6 Å². The molecule has 1 aliphatic carbocycles. The van der Waals surface area contributed by atoms with Gasteiger partial charge in [0.25, 0.3) is 0 Å². The van der Waals surface area contributed by atoms with Crippen LogP contribution in [0.4, 0.5) is 0 Å². The summed E-state index contributed by atoms with van der Waals surface area (Å²) < 4.78 is 0. The molecule has 0 atom stereocenters. The van der Waals surface area contributed by atoms with Crippen molar-refractivity contribution in [1.29, 1.82) is 0 Å². The van der Waals surface area contributed by atoms with Gasteiger partial charge in [0.15, 0.2) is 0 Å². The summed E-state index contributed by atoms with van der Waals surface area (Å²) in [6.45, 7) is 4.83. The maximum absolute atomic E-state index is 12.2. The molecule has 0 spiro atoms. The van der Waals surface area contributed by atoms with Crippen molar-refractivity contribution in [2.24, 2.45) is 5.92 Å². The first-order chi connectivity index (χ1) is 9.33. The van der Waals surface area contributed by atoms with E-state index in [1.807, 2.05) is 0 Å². The van der Waals surface area contributed by atoms with Crippen LogP contribution in [0.25, 0.3) is 0 Å². The number of rotatable bonds is 3. The van der Waals surface area contributed by atoms with Gasteiger partial charge in [0.1, 0.15) is 0 Å². The molecular weight excluding hydrogens is 272 g/mol. The van der Waals surface area contributed by atoms with Crippen molar-refractivity contribution in [3.05, 3.63) is 35.9 Å². The maximum Gasteiger partial charge on any atom is 0.225 e. The summed E-state index contributed by atoms with van der Waals surface area (Å²) in [5.41, 5.74) is 1.36. The van der Waals surface area contributed by atoms with Gasteiger partial charge in [0.2, 0.25) is 5.91 Å². The summed E-state index contributed by atoms with van der Waals surface area (Å²) in [5.74, 6) is 0.756. The fraction of sp³-hybridized carbons (Fsp3) is 0.562. The molecule has 1 aromatic rings. The predicted octanol–water partition coefficient (Wildman–Crippen LogP) is -0.865. The largest absolute Gasteiger partial charge is 1.00 e. The van der Waals surface area contributed by atoms with Gasteiger partial charge in [-0.25, -0.2) is 0 Å². The molecule has 3 rings (SSSR count). The lowest BCUT2D eigenvalue weighted by atomic mass is 9.84. The molecule has 0 radical (unpaired) electrons. The zero-order valence-electron chi connectivity index (χ0n) is 11.8. The van der Waals surface area contributed by atoms with Gasteiger partial charge in [-0.05, 0) is 18.4 Å². The highest BCUT2D eigenvalue weighted by molar-refractivity contribution is 5.79. The Morgan fingerprint density at radius 3 is 2.25 bits per heavy atom. The summed E-state index contributed by atoms with van der Waals surface area (Å²) >= 11 is 0. The van der Waals surface area contributed by atoms with E-state index in [1.165, 1.54) is 12.0 Å². The van der Waals surface area contributed by atoms with E-state index in [-0.39, 0.29) is 12.4 Å². The number of nitrogens with zero attached hydrogens (tertiary/aromatic N) is 2. The lowest BCUT2D eigenvalue weighted by molar-refractivity contribution is -0.140. The third-order valence-corrected chi connectivity index (χ3v) is 4.39. The van der Waals surface area contributed by atoms with E-state index in [1.54, 1.807) is 0 Å². The minimum absolute atomic E-state index is 0. The first-order valence-corrected chi connectivity index (χ1v) is 7.38. The molecular formula is C16H22ClN2O-. The van der Waals surface area contributed by atoms with Crippen molar-refractivity contribution in [3.8, 4) is 0 Å². The van der Waals surface area contributed by atoms with E-state index in [2.05, 4.69) is 40.1 Å². The Bertz CT molecular complexity index is 425. The smallest absolute Gasteiger partial charge is 0.225 e. The van der Waals surface area contributed by atoms with Crippen LogP contribution in [-0.2, 0) is 11.3 Å². The van der Waals surface area contributed by atoms with Gasteiger partial charge in [-0.2, -0.15) is 0 Å². The molecule has 2 fully saturated rings. The first-order valence-electron chi connectivity index (χ1n) is 7.38. The highest BCUT2D eigenvalue weighted by Crippen LogP contribution is 2.28. The molecule has 1 saturated heterocycles. The number of benzene rings is 1. The summed E-state index contributed by atoms with van der Waals surface area (Å²) in [6, 6.07) is 10.6. The molecule has 1 heterocycles. The van der Waals surface area contributed by atoms with Crippen LogP contribution in [0.3, 0.4) is 0 Å². The second kappa shape index (κ2) is 7.09. The Morgan fingerprint density at radius 1 is 1.05 bits per heavy atom. The van der Waals surface area contributed by atoms with E-state index in [4.69, 9.17) is 0 Å². The average Bonchev–Trinajstić information content (AvgIpc) is 2.39. The number of halogens is 1. The lowest BCUT2D eigenvalue weighted by Crippen LogP contribution is -3.00.